The third-order valence-electron chi connectivity index (χ3n) is 0. The predicted octanol–water partition coefficient (Wildman–Crippen LogP) is -11.9. The quantitative estimate of drug-likeness (QED) is 0.267. The molecule has 0 fully saturated rings. The van der Waals surface area contributed by atoms with E-state index < -0.39 is 0 Å². The van der Waals surface area contributed by atoms with Crippen LogP contribution in [0.2, 0.25) is 0 Å². The summed E-state index contributed by atoms with van der Waals surface area (Å²) in [5.41, 5.74) is 0. The summed E-state index contributed by atoms with van der Waals surface area (Å²) < 4.78 is 0. The monoisotopic (exact) mass is 178 g/mol. The normalized spacial score (nSPS) is 0.333. The second-order valence-corrected chi connectivity index (χ2v) is 0. The van der Waals surface area contributed by atoms with Crippen molar-refractivity contribution in [2.45, 2.75) is 0 Å². The molecule has 0 aromatic rings. The summed E-state index contributed by atoms with van der Waals surface area (Å²) in [5, 5.41) is 6.25. The van der Waals surface area contributed by atoms with Gasteiger partial charge in [0.1, 0.15) is 0 Å². The van der Waals surface area contributed by atoms with Crippen LogP contribution in [0, 0.1) is 11.8 Å². The van der Waals surface area contributed by atoms with Crippen LogP contribution in [0.15, 0.2) is 0 Å². The molecule has 1 nitrogen and oxygen atoms in total. The van der Waals surface area contributed by atoms with Crippen molar-refractivity contribution in [1.29, 1.82) is 5.26 Å². The summed E-state index contributed by atoms with van der Waals surface area (Å²) in [5.74, 6) is 0. The Kier molecular flexibility index (Phi) is 172. The molecular weight excluding hydrogens is 179 g/mol. The van der Waals surface area contributed by atoms with E-state index in [9.17, 15) is 0 Å². The molecule has 5 heteroatoms. The van der Waals surface area contributed by atoms with Crippen LogP contribution in [0.1, 0.15) is 0 Å². The van der Waals surface area contributed by atoms with Crippen LogP contribution in [0.4, 0.5) is 0 Å². The number of nitrogens with zero attached hydrogens (tertiary/aromatic N) is 1. The van der Waals surface area contributed by atoms with Gasteiger partial charge in [-0.3, -0.25) is 0 Å². The molecule has 0 atom stereocenters. The Balaban J connectivity index is -0.000000000833. The minimum Gasteiger partial charge on any atom is -1.00 e. The van der Waals surface area contributed by atoms with E-state index in [-0.39, 0.29) is 167 Å². The van der Waals surface area contributed by atoms with E-state index in [1.807, 2.05) is 0 Å². The van der Waals surface area contributed by atoms with Gasteiger partial charge in [0.05, 0.1) is 0 Å². The first-order valence-corrected chi connectivity index (χ1v) is 0.224. The molecule has 18 valence electrons. The maximum Gasteiger partial charge on any atom is 1.00 e. The van der Waals surface area contributed by atoms with Crippen LogP contribution in [0.5, 0.6) is 0 Å². The Labute approximate surface area is 172 Å². The van der Waals surface area contributed by atoms with E-state index >= 15 is 0 Å². The van der Waals surface area contributed by atoms with Gasteiger partial charge in [0.25, 0.3) is 0 Å². The van der Waals surface area contributed by atoms with Crippen molar-refractivity contribution in [2.24, 2.45) is 0 Å². The molecule has 0 saturated carbocycles. The Morgan fingerprint density at radius 1 is 0.833 bits per heavy atom. The fourth-order valence-corrected chi connectivity index (χ4v) is 0. The molecule has 0 radical (unpaired) electrons. The van der Waals surface area contributed by atoms with Gasteiger partial charge in [0.2, 0.25) is 0 Å². The van der Waals surface area contributed by atoms with E-state index in [1.54, 1.807) is 0 Å². The number of halogens is 1. The van der Waals surface area contributed by atoms with E-state index in [0.29, 0.717) is 0 Å². The molecule has 6 heavy (non-hydrogen) atoms. The van der Waals surface area contributed by atoms with E-state index in [0.717, 1.165) is 0 Å². The predicted molar refractivity (Wildman–Crippen MR) is 4.97 cm³/mol. The van der Waals surface area contributed by atoms with Crippen molar-refractivity contribution < 1.29 is 167 Å². The first kappa shape index (κ1) is 31.0. The van der Waals surface area contributed by atoms with Crippen molar-refractivity contribution in [2.75, 3.05) is 0 Å². The molecule has 0 aliphatic rings. The summed E-state index contributed by atoms with van der Waals surface area (Å²) in [6.07, 6.45) is 0. The zero-order valence-corrected chi connectivity index (χ0v) is 14.5. The molecule has 0 spiro atoms. The number of rotatable bonds is 0. The average molecular weight is 179 g/mol. The van der Waals surface area contributed by atoms with Crippen LogP contribution in [0.25, 0.3) is 0 Å². The molecule has 0 rings (SSSR count). The van der Waals surface area contributed by atoms with Gasteiger partial charge < -0.3 is 24.2 Å². The fourth-order valence-electron chi connectivity index (χ4n) is 0. The van der Waals surface area contributed by atoms with Gasteiger partial charge in [-0.25, -0.2) is 0 Å². The number of hydrogen-bond donors (Lipinski definition) is 0. The van der Waals surface area contributed by atoms with Gasteiger partial charge >= 0.3 is 154 Å². The van der Waals surface area contributed by atoms with Gasteiger partial charge in [-0.2, -0.15) is 0 Å². The van der Waals surface area contributed by atoms with Crippen molar-refractivity contribution in [3.8, 4) is 0 Å². The van der Waals surface area contributed by atoms with Crippen molar-refractivity contribution in [1.82, 2.24) is 0 Å². The third kappa shape index (κ3) is 23.4. The van der Waals surface area contributed by atoms with Crippen LogP contribution in [-0.4, -0.2) is 0 Å². The summed E-state index contributed by atoms with van der Waals surface area (Å²) in [7, 11) is 0. The SMILES string of the molecule is [C-]#N.[Cl-].[K+].[K+].[K+]. The average Bonchev–Trinajstić information content (AvgIpc) is 1.00. The largest absolute Gasteiger partial charge is 1.00 e. The Morgan fingerprint density at radius 2 is 0.833 bits per heavy atom. The van der Waals surface area contributed by atoms with E-state index in [2.05, 4.69) is 0 Å². The maximum atomic E-state index is 6.25. The fraction of sp³-hybridized carbons (Fsp3) is 0. The molecule has 0 aromatic heterocycles. The topological polar surface area (TPSA) is 23.8 Å². The summed E-state index contributed by atoms with van der Waals surface area (Å²) in [6, 6.07) is 0. The van der Waals surface area contributed by atoms with Crippen LogP contribution >= 0.6 is 0 Å². The second kappa shape index (κ2) is 33.3. The van der Waals surface area contributed by atoms with Crippen LogP contribution < -0.4 is 167 Å². The van der Waals surface area contributed by atoms with Gasteiger partial charge in [-0.15, -0.1) is 0 Å². The summed E-state index contributed by atoms with van der Waals surface area (Å²) in [6.45, 7) is 4.75. The standard InChI is InChI=1S/CN.ClH.3K/c1-2;;;;/h;1H;;;/q-1;;3*+1/p-1. The van der Waals surface area contributed by atoms with Crippen molar-refractivity contribution in [3.63, 3.8) is 0 Å². The molecule has 0 N–H and O–H groups in total. The minimum absolute atomic E-state index is 0. The molecule has 0 saturated heterocycles. The Morgan fingerprint density at radius 3 is 0.833 bits per heavy atom. The van der Waals surface area contributed by atoms with Crippen molar-refractivity contribution in [3.05, 3.63) is 6.57 Å². The second-order valence-electron chi connectivity index (χ2n) is 0. The molecule has 0 aromatic carbocycles. The summed E-state index contributed by atoms with van der Waals surface area (Å²) >= 11 is 0. The van der Waals surface area contributed by atoms with E-state index in [4.69, 9.17) is 11.8 Å². The zero-order valence-electron chi connectivity index (χ0n) is 4.33. The molecule has 0 bridgehead atoms. The molecule has 0 amide bonds. The van der Waals surface area contributed by atoms with Crippen LogP contribution in [-0.2, 0) is 0 Å². The zero-order chi connectivity index (χ0) is 2.00. The molecule has 0 heterocycles. The van der Waals surface area contributed by atoms with Gasteiger partial charge in [-0.1, -0.05) is 0 Å². The third-order valence-corrected chi connectivity index (χ3v) is 0. The van der Waals surface area contributed by atoms with E-state index in [1.165, 1.54) is 0 Å². The van der Waals surface area contributed by atoms with Gasteiger partial charge in [0.15, 0.2) is 0 Å². The first-order valence-electron chi connectivity index (χ1n) is 0.224. The Hall–Kier alpha value is 4.69. The van der Waals surface area contributed by atoms with Gasteiger partial charge in [-0.05, 0) is 0 Å². The maximum absolute atomic E-state index is 6.25. The minimum atomic E-state index is 0. The Bertz CT molecular complexity index is 15.5. The number of hydrogen-bond acceptors (Lipinski definition) is 1. The molecule has 0 unspecified atom stereocenters. The van der Waals surface area contributed by atoms with Crippen LogP contribution in [0.3, 0.4) is 0 Å². The van der Waals surface area contributed by atoms with Crippen molar-refractivity contribution >= 4 is 0 Å². The molecule has 0 aliphatic carbocycles. The molecular formula is CClK3N+. The smallest absolute Gasteiger partial charge is 1.00 e. The van der Waals surface area contributed by atoms with Gasteiger partial charge in [0, 0.05) is 0 Å². The first-order chi connectivity index (χ1) is 1.00. The molecule has 0 aliphatic heterocycles. The summed E-state index contributed by atoms with van der Waals surface area (Å²) in [4.78, 5) is 0.